The molecule has 2 atom stereocenters. The minimum atomic E-state index is -0.292. The molecule has 136 valence electrons. The Labute approximate surface area is 148 Å². The van der Waals surface area contributed by atoms with Gasteiger partial charge in [0.25, 0.3) is 0 Å². The molecule has 0 unspecified atom stereocenters. The summed E-state index contributed by atoms with van der Waals surface area (Å²) < 4.78 is 3.75. The summed E-state index contributed by atoms with van der Waals surface area (Å²) in [4.78, 5) is 17.1. The summed E-state index contributed by atoms with van der Waals surface area (Å²) in [7, 11) is 1.88. The molecule has 0 bridgehead atoms. The van der Waals surface area contributed by atoms with Gasteiger partial charge in [0.15, 0.2) is 5.82 Å². The van der Waals surface area contributed by atoms with Crippen molar-refractivity contribution in [2.24, 2.45) is 7.05 Å². The molecule has 0 aliphatic carbocycles. The van der Waals surface area contributed by atoms with Crippen LogP contribution in [-0.4, -0.2) is 42.5 Å². The number of nitrogens with zero attached hydrogens (tertiary/aromatic N) is 5. The van der Waals surface area contributed by atoms with Crippen LogP contribution in [0, 0.1) is 13.8 Å². The van der Waals surface area contributed by atoms with E-state index in [1.54, 1.807) is 4.68 Å². The summed E-state index contributed by atoms with van der Waals surface area (Å²) >= 11 is 0. The fourth-order valence-electron chi connectivity index (χ4n) is 3.26. The predicted molar refractivity (Wildman–Crippen MR) is 95.4 cm³/mol. The van der Waals surface area contributed by atoms with Gasteiger partial charge >= 0.3 is 0 Å². The van der Waals surface area contributed by atoms with Gasteiger partial charge in [0.2, 0.25) is 5.91 Å². The van der Waals surface area contributed by atoms with E-state index in [0.717, 1.165) is 54.5 Å². The lowest BCUT2D eigenvalue weighted by atomic mass is 10.1. The second-order valence-corrected chi connectivity index (χ2v) is 6.76. The Balaban J connectivity index is 1.60. The molecule has 0 fully saturated rings. The van der Waals surface area contributed by atoms with Crippen LogP contribution in [0.2, 0.25) is 0 Å². The fraction of sp³-hybridized carbons (Fsp3) is 0.647. The Hall–Kier alpha value is -2.22. The summed E-state index contributed by atoms with van der Waals surface area (Å²) in [6.07, 6.45) is 2.70. The van der Waals surface area contributed by atoms with Crippen molar-refractivity contribution >= 4 is 11.6 Å². The third kappa shape index (κ3) is 3.58. The van der Waals surface area contributed by atoms with Crippen LogP contribution in [0.3, 0.4) is 0 Å². The lowest BCUT2D eigenvalue weighted by molar-refractivity contribution is -0.118. The highest BCUT2D eigenvalue weighted by molar-refractivity contribution is 5.95. The molecule has 2 N–H and O–H groups in total. The van der Waals surface area contributed by atoms with Gasteiger partial charge in [-0.3, -0.25) is 9.48 Å². The van der Waals surface area contributed by atoms with Crippen molar-refractivity contribution in [2.75, 3.05) is 5.32 Å². The molecule has 1 aliphatic heterocycles. The first kappa shape index (κ1) is 17.6. The van der Waals surface area contributed by atoms with E-state index in [4.69, 9.17) is 0 Å². The number of aryl methyl sites for hydroxylation is 4. The van der Waals surface area contributed by atoms with Gasteiger partial charge in [0.05, 0.1) is 29.7 Å². The Bertz CT molecular complexity index is 776. The Kier molecular flexibility index (Phi) is 4.89. The normalized spacial score (nSPS) is 18.0. The molecule has 8 heteroatoms. The number of rotatable bonds is 5. The first-order chi connectivity index (χ1) is 11.9. The molecule has 3 heterocycles. The second-order valence-electron chi connectivity index (χ2n) is 6.76. The summed E-state index contributed by atoms with van der Waals surface area (Å²) in [5.74, 6) is 1.90. The number of anilines is 1. The lowest BCUT2D eigenvalue weighted by Crippen LogP contribution is -2.47. The summed E-state index contributed by atoms with van der Waals surface area (Å²) in [6, 6.07) is -0.0736. The number of carbonyl (C=O) groups is 1. The van der Waals surface area contributed by atoms with Crippen molar-refractivity contribution in [3.63, 3.8) is 0 Å². The molecule has 8 nitrogen and oxygen atoms in total. The molecule has 0 saturated heterocycles. The van der Waals surface area contributed by atoms with Crippen molar-refractivity contribution in [1.82, 2.24) is 29.9 Å². The van der Waals surface area contributed by atoms with E-state index in [0.29, 0.717) is 0 Å². The maximum Gasteiger partial charge on any atom is 0.241 e. The number of hydrogen-bond acceptors (Lipinski definition) is 5. The smallest absolute Gasteiger partial charge is 0.241 e. The monoisotopic (exact) mass is 345 g/mol. The number of aromatic nitrogens is 5. The van der Waals surface area contributed by atoms with Crippen LogP contribution in [0.1, 0.15) is 43.3 Å². The van der Waals surface area contributed by atoms with E-state index >= 15 is 0 Å². The van der Waals surface area contributed by atoms with Crippen LogP contribution < -0.4 is 10.6 Å². The number of nitrogens with one attached hydrogen (secondary N) is 2. The minimum Gasteiger partial charge on any atom is -0.322 e. The van der Waals surface area contributed by atoms with Crippen molar-refractivity contribution in [1.29, 1.82) is 0 Å². The van der Waals surface area contributed by atoms with Gasteiger partial charge in [-0.15, -0.1) is 0 Å². The van der Waals surface area contributed by atoms with E-state index in [1.807, 2.05) is 32.5 Å². The third-order valence-corrected chi connectivity index (χ3v) is 4.85. The van der Waals surface area contributed by atoms with Gasteiger partial charge < -0.3 is 10.6 Å². The van der Waals surface area contributed by atoms with Crippen molar-refractivity contribution in [3.05, 3.63) is 23.0 Å². The van der Waals surface area contributed by atoms with Crippen LogP contribution in [0.25, 0.3) is 0 Å². The molecule has 0 spiro atoms. The molecule has 1 amide bonds. The standard InChI is InChI=1S/C17H27N7O/c1-6-14-19-15-8-7-13(9-24(15)22-14)18-11(3)17(25)20-16-10(2)21-23(5)12(16)4/h11,13,18H,6-9H2,1-5H3,(H,20,25)/t11-,13-/m1/s1. The first-order valence-corrected chi connectivity index (χ1v) is 8.88. The zero-order valence-corrected chi connectivity index (χ0v) is 15.6. The average molecular weight is 345 g/mol. The van der Waals surface area contributed by atoms with E-state index in [2.05, 4.69) is 32.7 Å². The highest BCUT2D eigenvalue weighted by Crippen LogP contribution is 2.19. The van der Waals surface area contributed by atoms with Crippen LogP contribution in [-0.2, 0) is 31.2 Å². The molecule has 2 aromatic rings. The quantitative estimate of drug-likeness (QED) is 0.848. The molecular formula is C17H27N7O. The molecule has 3 rings (SSSR count). The number of carbonyl (C=O) groups excluding carboxylic acids is 1. The van der Waals surface area contributed by atoms with Crippen molar-refractivity contribution in [3.8, 4) is 0 Å². The van der Waals surface area contributed by atoms with Crippen molar-refractivity contribution in [2.45, 2.75) is 65.6 Å². The highest BCUT2D eigenvalue weighted by atomic mass is 16.2. The number of amides is 1. The Morgan fingerprint density at radius 1 is 1.36 bits per heavy atom. The Morgan fingerprint density at radius 3 is 2.76 bits per heavy atom. The number of hydrogen-bond donors (Lipinski definition) is 2. The van der Waals surface area contributed by atoms with Gasteiger partial charge in [-0.05, 0) is 27.2 Å². The molecule has 0 saturated carbocycles. The molecule has 0 radical (unpaired) electrons. The SMILES string of the molecule is CCc1nc2n(n1)C[C@H](N[C@H](C)C(=O)Nc1c(C)nn(C)c1C)CC2. The maximum atomic E-state index is 12.6. The summed E-state index contributed by atoms with van der Waals surface area (Å²) in [5.41, 5.74) is 2.59. The zero-order valence-electron chi connectivity index (χ0n) is 15.6. The molecule has 0 aromatic carbocycles. The predicted octanol–water partition coefficient (Wildman–Crippen LogP) is 1.12. The lowest BCUT2D eigenvalue weighted by Gasteiger charge is -2.26. The zero-order chi connectivity index (χ0) is 18.1. The van der Waals surface area contributed by atoms with Gasteiger partial charge in [-0.2, -0.15) is 10.2 Å². The van der Waals surface area contributed by atoms with Gasteiger partial charge in [-0.25, -0.2) is 9.67 Å². The number of fused-ring (bicyclic) bond motifs is 1. The molecular weight excluding hydrogens is 318 g/mol. The van der Waals surface area contributed by atoms with Crippen LogP contribution >= 0.6 is 0 Å². The van der Waals surface area contributed by atoms with E-state index in [9.17, 15) is 4.79 Å². The third-order valence-electron chi connectivity index (χ3n) is 4.85. The molecule has 1 aliphatic rings. The average Bonchev–Trinajstić information content (AvgIpc) is 3.10. The minimum absolute atomic E-state index is 0.0437. The highest BCUT2D eigenvalue weighted by Gasteiger charge is 2.25. The van der Waals surface area contributed by atoms with E-state index in [-0.39, 0.29) is 18.0 Å². The van der Waals surface area contributed by atoms with Crippen molar-refractivity contribution < 1.29 is 4.79 Å². The van der Waals surface area contributed by atoms with E-state index in [1.165, 1.54) is 0 Å². The second kappa shape index (κ2) is 6.95. The summed E-state index contributed by atoms with van der Waals surface area (Å²) in [6.45, 7) is 8.56. The fourth-order valence-corrected chi connectivity index (χ4v) is 3.26. The molecule has 25 heavy (non-hydrogen) atoms. The van der Waals surface area contributed by atoms with Crippen LogP contribution in [0.4, 0.5) is 5.69 Å². The topological polar surface area (TPSA) is 89.7 Å². The van der Waals surface area contributed by atoms with E-state index < -0.39 is 0 Å². The van der Waals surface area contributed by atoms with Gasteiger partial charge in [0, 0.05) is 25.9 Å². The van der Waals surface area contributed by atoms with Gasteiger partial charge in [-0.1, -0.05) is 6.92 Å². The first-order valence-electron chi connectivity index (χ1n) is 8.88. The largest absolute Gasteiger partial charge is 0.322 e. The van der Waals surface area contributed by atoms with Gasteiger partial charge in [0.1, 0.15) is 5.82 Å². The van der Waals surface area contributed by atoms with Crippen LogP contribution in [0.5, 0.6) is 0 Å². The van der Waals surface area contributed by atoms with Crippen LogP contribution in [0.15, 0.2) is 0 Å². The maximum absolute atomic E-state index is 12.6. The summed E-state index contributed by atoms with van der Waals surface area (Å²) in [5, 5.41) is 15.3. The molecule has 2 aromatic heterocycles. The Morgan fingerprint density at radius 2 is 2.12 bits per heavy atom.